The molecule has 3 heterocycles. The van der Waals surface area contributed by atoms with Crippen LogP contribution < -0.4 is 0 Å². The van der Waals surface area contributed by atoms with E-state index >= 15 is 0 Å². The first kappa shape index (κ1) is 10.6. The molecule has 3 aliphatic heterocycles. The molecule has 0 spiro atoms. The van der Waals surface area contributed by atoms with Crippen LogP contribution in [0.2, 0.25) is 0 Å². The van der Waals surface area contributed by atoms with Gasteiger partial charge in [0.1, 0.15) is 5.25 Å². The van der Waals surface area contributed by atoms with E-state index in [4.69, 9.17) is 0 Å². The molecule has 2 bridgehead atoms. The Kier molecular flexibility index (Phi) is 2.92. The fraction of sp³-hybridized carbons (Fsp3) is 0.538. The van der Waals surface area contributed by atoms with Crippen LogP contribution in [0.15, 0.2) is 35.2 Å². The van der Waals surface area contributed by atoms with Crippen molar-refractivity contribution in [3.63, 3.8) is 0 Å². The molecule has 1 aromatic rings. The average Bonchev–Trinajstić information content (AvgIpc) is 2.40. The Morgan fingerprint density at radius 2 is 1.81 bits per heavy atom. The molecule has 3 fully saturated rings. The highest BCUT2D eigenvalue weighted by molar-refractivity contribution is 7.92. The van der Waals surface area contributed by atoms with Crippen molar-refractivity contribution >= 4 is 11.2 Å². The van der Waals surface area contributed by atoms with Crippen LogP contribution in [0.25, 0.3) is 0 Å². The summed E-state index contributed by atoms with van der Waals surface area (Å²) in [6, 6.07) is 9.93. The second-order valence-electron chi connectivity index (χ2n) is 4.79. The highest BCUT2D eigenvalue weighted by atomic mass is 32.2. The molecule has 0 aliphatic carbocycles. The fourth-order valence-corrected chi connectivity index (χ4v) is 4.63. The van der Waals surface area contributed by atoms with E-state index in [9.17, 15) is 4.55 Å². The maximum Gasteiger partial charge on any atom is 0.152 e. The molecule has 0 saturated carbocycles. The Morgan fingerprint density at radius 3 is 2.38 bits per heavy atom. The number of piperidine rings is 3. The van der Waals surface area contributed by atoms with Gasteiger partial charge < -0.3 is 4.55 Å². The first-order chi connectivity index (χ1) is 7.84. The molecule has 3 heteroatoms. The lowest BCUT2D eigenvalue weighted by Crippen LogP contribution is -2.53. The maximum atomic E-state index is 12.5. The quantitative estimate of drug-likeness (QED) is 0.732. The van der Waals surface area contributed by atoms with Crippen LogP contribution in [0.5, 0.6) is 0 Å². The predicted octanol–water partition coefficient (Wildman–Crippen LogP) is 1.89. The average molecular weight is 235 g/mol. The van der Waals surface area contributed by atoms with Crippen LogP contribution in [0.4, 0.5) is 0 Å². The minimum absolute atomic E-state index is 0.366. The van der Waals surface area contributed by atoms with Gasteiger partial charge in [-0.3, -0.25) is 4.90 Å². The molecule has 86 valence electrons. The Bertz CT molecular complexity index is 348. The minimum atomic E-state index is -0.811. The third-order valence-corrected chi connectivity index (χ3v) is 5.67. The lowest BCUT2D eigenvalue weighted by atomic mass is 9.88. The largest absolute Gasteiger partial charge is 0.611 e. The summed E-state index contributed by atoms with van der Waals surface area (Å²) >= 11 is -0.811. The molecule has 0 aromatic heterocycles. The fourth-order valence-electron chi connectivity index (χ4n) is 2.88. The Morgan fingerprint density at radius 1 is 1.12 bits per heavy atom. The van der Waals surface area contributed by atoms with Gasteiger partial charge in [0, 0.05) is 12.5 Å². The van der Waals surface area contributed by atoms with Crippen LogP contribution in [0.3, 0.4) is 0 Å². The van der Waals surface area contributed by atoms with E-state index in [2.05, 4.69) is 4.90 Å². The van der Waals surface area contributed by atoms with Crippen molar-refractivity contribution in [3.05, 3.63) is 30.3 Å². The summed E-state index contributed by atoms with van der Waals surface area (Å²) in [5.74, 6) is 0.686. The molecule has 2 nitrogen and oxygen atoms in total. The molecular formula is C13H17NOS. The van der Waals surface area contributed by atoms with E-state index < -0.39 is 11.2 Å². The zero-order valence-corrected chi connectivity index (χ0v) is 10.2. The van der Waals surface area contributed by atoms with Crippen LogP contribution in [0, 0.1) is 5.92 Å². The molecule has 1 aromatic carbocycles. The van der Waals surface area contributed by atoms with Crippen molar-refractivity contribution in [2.45, 2.75) is 23.0 Å². The third-order valence-electron chi connectivity index (χ3n) is 3.85. The second kappa shape index (κ2) is 4.40. The lowest BCUT2D eigenvalue weighted by Gasteiger charge is -2.44. The summed E-state index contributed by atoms with van der Waals surface area (Å²) in [6.07, 6.45) is 2.48. The summed E-state index contributed by atoms with van der Waals surface area (Å²) in [5.41, 5.74) is 0. The Balaban J connectivity index is 1.78. The van der Waals surface area contributed by atoms with Gasteiger partial charge in [-0.2, -0.15) is 0 Å². The molecule has 3 saturated heterocycles. The van der Waals surface area contributed by atoms with E-state index in [1.165, 1.54) is 25.9 Å². The van der Waals surface area contributed by atoms with Crippen LogP contribution in [-0.2, 0) is 11.2 Å². The van der Waals surface area contributed by atoms with Crippen molar-refractivity contribution in [3.8, 4) is 0 Å². The number of nitrogens with zero attached hydrogens (tertiary/aromatic N) is 1. The standard InChI is InChI=1S/C13H17NOS/c15-16(12-4-2-1-3-5-12)13-10-14-8-6-11(13)7-9-14/h1-5,11,13H,6-10H2. The first-order valence-corrected chi connectivity index (χ1v) is 7.24. The van der Waals surface area contributed by atoms with Gasteiger partial charge >= 0.3 is 0 Å². The van der Waals surface area contributed by atoms with E-state index in [-0.39, 0.29) is 0 Å². The monoisotopic (exact) mass is 235 g/mol. The smallest absolute Gasteiger partial charge is 0.152 e. The first-order valence-electron chi connectivity index (χ1n) is 6.02. The van der Waals surface area contributed by atoms with Gasteiger partial charge in [0.2, 0.25) is 0 Å². The summed E-state index contributed by atoms with van der Waals surface area (Å²) < 4.78 is 12.5. The SMILES string of the molecule is [O-][S+](c1ccccc1)C1CN2CCC1CC2. The molecule has 2 atom stereocenters. The molecule has 0 amide bonds. The molecule has 2 unspecified atom stereocenters. The van der Waals surface area contributed by atoms with Crippen molar-refractivity contribution in [2.75, 3.05) is 19.6 Å². The van der Waals surface area contributed by atoms with Gasteiger partial charge in [0.25, 0.3) is 0 Å². The van der Waals surface area contributed by atoms with Gasteiger partial charge in [0.05, 0.1) is 0 Å². The number of rotatable bonds is 2. The van der Waals surface area contributed by atoms with Gasteiger partial charge in [-0.1, -0.05) is 18.2 Å². The highest BCUT2D eigenvalue weighted by Crippen LogP contribution is 2.34. The van der Waals surface area contributed by atoms with Crippen LogP contribution in [0.1, 0.15) is 12.8 Å². The number of benzene rings is 1. The predicted molar refractivity (Wildman–Crippen MR) is 65.8 cm³/mol. The number of hydrogen-bond acceptors (Lipinski definition) is 2. The zero-order chi connectivity index (χ0) is 11.0. The topological polar surface area (TPSA) is 26.3 Å². The normalized spacial score (nSPS) is 34.9. The van der Waals surface area contributed by atoms with E-state index in [1.807, 2.05) is 30.3 Å². The van der Waals surface area contributed by atoms with Crippen molar-refractivity contribution < 1.29 is 4.55 Å². The third kappa shape index (κ3) is 1.88. The van der Waals surface area contributed by atoms with Gasteiger partial charge in [0.15, 0.2) is 4.90 Å². The van der Waals surface area contributed by atoms with Gasteiger partial charge in [-0.15, -0.1) is 0 Å². The zero-order valence-electron chi connectivity index (χ0n) is 9.34. The summed E-state index contributed by atoms with van der Waals surface area (Å²) in [6.45, 7) is 3.46. The van der Waals surface area contributed by atoms with Gasteiger partial charge in [-0.05, 0) is 49.2 Å². The summed E-state index contributed by atoms with van der Waals surface area (Å²) in [5, 5.41) is 0.366. The molecule has 4 rings (SSSR count). The van der Waals surface area contributed by atoms with Crippen molar-refractivity contribution in [1.82, 2.24) is 4.90 Å². The van der Waals surface area contributed by atoms with E-state index in [0.29, 0.717) is 11.2 Å². The van der Waals surface area contributed by atoms with Crippen molar-refractivity contribution in [2.24, 2.45) is 5.92 Å². The van der Waals surface area contributed by atoms with Crippen LogP contribution in [-0.4, -0.2) is 34.3 Å². The molecule has 0 N–H and O–H groups in total. The Hall–Kier alpha value is -0.510. The molecule has 0 radical (unpaired) electrons. The second-order valence-corrected chi connectivity index (χ2v) is 6.46. The number of hydrogen-bond donors (Lipinski definition) is 0. The number of fused-ring (bicyclic) bond motifs is 3. The van der Waals surface area contributed by atoms with E-state index in [1.54, 1.807) is 0 Å². The van der Waals surface area contributed by atoms with Crippen LogP contribution >= 0.6 is 0 Å². The minimum Gasteiger partial charge on any atom is -0.611 e. The molecular weight excluding hydrogens is 218 g/mol. The molecule has 3 aliphatic rings. The molecule has 16 heavy (non-hydrogen) atoms. The maximum absolute atomic E-state index is 12.5. The van der Waals surface area contributed by atoms with Gasteiger partial charge in [-0.25, -0.2) is 0 Å². The van der Waals surface area contributed by atoms with Crippen molar-refractivity contribution in [1.29, 1.82) is 0 Å². The lowest BCUT2D eigenvalue weighted by molar-refractivity contribution is 0.114. The van der Waals surface area contributed by atoms with E-state index in [0.717, 1.165) is 11.4 Å². The highest BCUT2D eigenvalue weighted by Gasteiger charge is 2.41. The summed E-state index contributed by atoms with van der Waals surface area (Å²) in [4.78, 5) is 3.46. The Labute approximate surface area is 99.8 Å². The summed E-state index contributed by atoms with van der Waals surface area (Å²) in [7, 11) is 0.